The molecule has 0 radical (unpaired) electrons. The van der Waals surface area contributed by atoms with Crippen LogP contribution in [0.3, 0.4) is 0 Å². The maximum Gasteiger partial charge on any atom is 0.223 e. The first-order chi connectivity index (χ1) is 9.79. The lowest BCUT2D eigenvalue weighted by Crippen LogP contribution is -2.06. The summed E-state index contributed by atoms with van der Waals surface area (Å²) in [7, 11) is 1.61. The lowest BCUT2D eigenvalue weighted by molar-refractivity contribution is 0.145. The van der Waals surface area contributed by atoms with E-state index in [1.165, 1.54) is 6.20 Å². The molecule has 0 amide bonds. The minimum Gasteiger partial charge on any atom is -0.487 e. The number of ether oxygens (including phenoxy) is 2. The molecule has 2 rings (SSSR count). The summed E-state index contributed by atoms with van der Waals surface area (Å²) in [5.41, 5.74) is 1.36. The number of rotatable bonds is 4. The van der Waals surface area contributed by atoms with Gasteiger partial charge in [-0.15, -0.1) is 0 Å². The number of halogens is 1. The smallest absolute Gasteiger partial charge is 0.223 e. The summed E-state index contributed by atoms with van der Waals surface area (Å²) in [6, 6.07) is 9.62. The number of benzene rings is 1. The van der Waals surface area contributed by atoms with Gasteiger partial charge in [0.15, 0.2) is 11.4 Å². The van der Waals surface area contributed by atoms with Crippen LogP contribution in [0.25, 0.3) is 0 Å². The van der Waals surface area contributed by atoms with E-state index in [9.17, 15) is 0 Å². The second-order valence-electron chi connectivity index (χ2n) is 3.81. The SMILES string of the molecule is COCCOc1cnc(Cl)nc1C#Cc1ccccc1. The summed E-state index contributed by atoms with van der Waals surface area (Å²) in [6.07, 6.45) is 1.51. The molecule has 0 aliphatic carbocycles. The summed E-state index contributed by atoms with van der Waals surface area (Å²) in [5, 5.41) is 0.140. The fourth-order valence-corrected chi connectivity index (χ4v) is 1.57. The Morgan fingerprint density at radius 3 is 2.70 bits per heavy atom. The molecule has 1 aromatic carbocycles. The molecule has 4 nitrogen and oxygen atoms in total. The maximum atomic E-state index is 5.79. The number of hydrogen-bond acceptors (Lipinski definition) is 4. The van der Waals surface area contributed by atoms with Gasteiger partial charge in [-0.25, -0.2) is 9.97 Å². The highest BCUT2D eigenvalue weighted by atomic mass is 35.5. The van der Waals surface area contributed by atoms with Gasteiger partial charge in [0.1, 0.15) is 6.61 Å². The van der Waals surface area contributed by atoms with Crippen LogP contribution in [0.5, 0.6) is 5.75 Å². The zero-order valence-electron chi connectivity index (χ0n) is 11.0. The maximum absolute atomic E-state index is 5.79. The molecule has 0 aliphatic rings. The minimum atomic E-state index is 0.140. The Hall–Kier alpha value is -2.09. The Bertz CT molecular complexity index is 621. The van der Waals surface area contributed by atoms with Crippen LogP contribution in [-0.2, 0) is 4.74 Å². The molecule has 0 unspecified atom stereocenters. The molecule has 0 atom stereocenters. The van der Waals surface area contributed by atoms with Gasteiger partial charge in [-0.2, -0.15) is 0 Å². The van der Waals surface area contributed by atoms with Crippen LogP contribution in [-0.4, -0.2) is 30.3 Å². The van der Waals surface area contributed by atoms with Gasteiger partial charge in [0.25, 0.3) is 0 Å². The fourth-order valence-electron chi connectivity index (χ4n) is 1.43. The third-order valence-corrected chi connectivity index (χ3v) is 2.55. The topological polar surface area (TPSA) is 44.2 Å². The van der Waals surface area contributed by atoms with E-state index in [2.05, 4.69) is 21.8 Å². The monoisotopic (exact) mass is 288 g/mol. The molecule has 0 fully saturated rings. The van der Waals surface area contributed by atoms with Crippen molar-refractivity contribution in [1.29, 1.82) is 0 Å². The Labute approximate surface area is 122 Å². The molecule has 0 saturated carbocycles. The normalized spacial score (nSPS) is 9.70. The first kappa shape index (κ1) is 14.3. The van der Waals surface area contributed by atoms with Crippen molar-refractivity contribution in [2.45, 2.75) is 0 Å². The van der Waals surface area contributed by atoms with Crippen LogP contribution < -0.4 is 4.74 Å². The fraction of sp³-hybridized carbons (Fsp3) is 0.200. The van der Waals surface area contributed by atoms with Gasteiger partial charge in [-0.05, 0) is 29.7 Å². The van der Waals surface area contributed by atoms with Crippen LogP contribution in [0.1, 0.15) is 11.3 Å². The number of nitrogens with zero attached hydrogens (tertiary/aromatic N) is 2. The predicted octanol–water partition coefficient (Wildman–Crippen LogP) is 2.56. The minimum absolute atomic E-state index is 0.140. The summed E-state index contributed by atoms with van der Waals surface area (Å²) < 4.78 is 10.4. The lowest BCUT2D eigenvalue weighted by atomic mass is 10.2. The van der Waals surface area contributed by atoms with Crippen molar-refractivity contribution in [3.05, 3.63) is 53.1 Å². The van der Waals surface area contributed by atoms with E-state index >= 15 is 0 Å². The third kappa shape index (κ3) is 4.23. The van der Waals surface area contributed by atoms with Crippen molar-refractivity contribution in [2.24, 2.45) is 0 Å². The van der Waals surface area contributed by atoms with Crippen LogP contribution in [0.4, 0.5) is 0 Å². The van der Waals surface area contributed by atoms with Gasteiger partial charge >= 0.3 is 0 Å². The molecule has 0 aliphatic heterocycles. The van der Waals surface area contributed by atoms with Crippen molar-refractivity contribution in [3.63, 3.8) is 0 Å². The van der Waals surface area contributed by atoms with Crippen molar-refractivity contribution in [2.75, 3.05) is 20.3 Å². The molecule has 0 spiro atoms. The number of aromatic nitrogens is 2. The van der Waals surface area contributed by atoms with E-state index in [4.69, 9.17) is 21.1 Å². The Kier molecular flexibility index (Phi) is 5.36. The molecule has 0 bridgehead atoms. The first-order valence-corrected chi connectivity index (χ1v) is 6.39. The highest BCUT2D eigenvalue weighted by Crippen LogP contribution is 2.16. The van der Waals surface area contributed by atoms with Crippen molar-refractivity contribution in [3.8, 4) is 17.6 Å². The van der Waals surface area contributed by atoms with Gasteiger partial charge in [0.05, 0.1) is 12.8 Å². The van der Waals surface area contributed by atoms with Crippen molar-refractivity contribution < 1.29 is 9.47 Å². The van der Waals surface area contributed by atoms with Gasteiger partial charge in [-0.1, -0.05) is 24.1 Å². The van der Waals surface area contributed by atoms with Gasteiger partial charge in [-0.3, -0.25) is 0 Å². The molecule has 102 valence electrons. The second kappa shape index (κ2) is 7.49. The second-order valence-corrected chi connectivity index (χ2v) is 4.15. The summed E-state index contributed by atoms with van der Waals surface area (Å²) in [4.78, 5) is 7.98. The predicted molar refractivity (Wildman–Crippen MR) is 76.8 cm³/mol. The highest BCUT2D eigenvalue weighted by molar-refractivity contribution is 6.28. The molecule has 0 N–H and O–H groups in total. The van der Waals surface area contributed by atoms with Crippen molar-refractivity contribution in [1.82, 2.24) is 9.97 Å². The quantitative estimate of drug-likeness (QED) is 0.493. The van der Waals surface area contributed by atoms with E-state index in [0.29, 0.717) is 24.7 Å². The molecule has 2 aromatic rings. The van der Waals surface area contributed by atoms with Gasteiger partial charge < -0.3 is 9.47 Å². The molecular formula is C15H13ClN2O2. The van der Waals surface area contributed by atoms with Crippen molar-refractivity contribution >= 4 is 11.6 Å². The Balaban J connectivity index is 2.21. The molecular weight excluding hydrogens is 276 g/mol. The standard InChI is InChI=1S/C15H13ClN2O2/c1-19-9-10-20-14-11-17-15(16)18-13(14)8-7-12-5-3-2-4-6-12/h2-6,11H,9-10H2,1H3. The van der Waals surface area contributed by atoms with E-state index in [1.807, 2.05) is 30.3 Å². The summed E-state index contributed by atoms with van der Waals surface area (Å²) >= 11 is 5.79. The van der Waals surface area contributed by atoms with Gasteiger partial charge in [0.2, 0.25) is 5.28 Å². The first-order valence-electron chi connectivity index (χ1n) is 6.01. The lowest BCUT2D eigenvalue weighted by Gasteiger charge is -2.06. The average Bonchev–Trinajstić information content (AvgIpc) is 2.48. The largest absolute Gasteiger partial charge is 0.487 e. The van der Waals surface area contributed by atoms with E-state index in [-0.39, 0.29) is 5.28 Å². The molecule has 20 heavy (non-hydrogen) atoms. The zero-order chi connectivity index (χ0) is 14.2. The average molecular weight is 289 g/mol. The van der Waals surface area contributed by atoms with E-state index < -0.39 is 0 Å². The van der Waals surface area contributed by atoms with Crippen LogP contribution >= 0.6 is 11.6 Å². The van der Waals surface area contributed by atoms with Crippen LogP contribution in [0.15, 0.2) is 36.5 Å². The molecule has 1 aromatic heterocycles. The van der Waals surface area contributed by atoms with Gasteiger partial charge in [0, 0.05) is 12.7 Å². The Morgan fingerprint density at radius 1 is 1.15 bits per heavy atom. The third-order valence-electron chi connectivity index (χ3n) is 2.37. The number of hydrogen-bond donors (Lipinski definition) is 0. The molecule has 5 heteroatoms. The molecule has 0 saturated heterocycles. The van der Waals surface area contributed by atoms with Crippen LogP contribution in [0.2, 0.25) is 5.28 Å². The van der Waals surface area contributed by atoms with E-state index in [0.717, 1.165) is 5.56 Å². The zero-order valence-corrected chi connectivity index (χ0v) is 11.7. The number of methoxy groups -OCH3 is 1. The van der Waals surface area contributed by atoms with Crippen LogP contribution in [0, 0.1) is 11.8 Å². The molecule has 1 heterocycles. The summed E-state index contributed by atoms with van der Waals surface area (Å²) in [5.74, 6) is 6.45. The summed E-state index contributed by atoms with van der Waals surface area (Å²) in [6.45, 7) is 0.885. The highest BCUT2D eigenvalue weighted by Gasteiger charge is 2.05. The van der Waals surface area contributed by atoms with E-state index in [1.54, 1.807) is 7.11 Å². The Morgan fingerprint density at radius 2 is 1.95 bits per heavy atom.